The molecule has 0 spiro atoms. The van der Waals surface area contributed by atoms with Crippen LogP contribution in [-0.4, -0.2) is 44.0 Å². The standard InChI is InChI=1S/C19H20N6O2/c1-13(14-6-4-3-5-7-14)24(2)17(26)12-25-22-19(21-23-25)16-10-8-15(9-11-16)18(20)27/h3-11,13H,12H2,1-2H3,(H2,20,27)/t13-/m1/s1. The minimum atomic E-state index is -0.501. The molecule has 0 fully saturated rings. The highest BCUT2D eigenvalue weighted by molar-refractivity contribution is 5.93. The van der Waals surface area contributed by atoms with Crippen molar-refractivity contribution >= 4 is 11.8 Å². The first-order valence-electron chi connectivity index (χ1n) is 8.44. The highest BCUT2D eigenvalue weighted by Crippen LogP contribution is 2.19. The molecule has 2 amide bonds. The fourth-order valence-corrected chi connectivity index (χ4v) is 2.61. The topological polar surface area (TPSA) is 107 Å². The van der Waals surface area contributed by atoms with E-state index >= 15 is 0 Å². The zero-order chi connectivity index (χ0) is 19.4. The second-order valence-electron chi connectivity index (χ2n) is 6.18. The Bertz CT molecular complexity index is 936. The van der Waals surface area contributed by atoms with Crippen molar-refractivity contribution in [3.05, 3.63) is 65.7 Å². The van der Waals surface area contributed by atoms with E-state index in [1.165, 1.54) is 4.80 Å². The molecular weight excluding hydrogens is 344 g/mol. The monoisotopic (exact) mass is 364 g/mol. The third-order valence-electron chi connectivity index (χ3n) is 4.41. The van der Waals surface area contributed by atoms with Crippen LogP contribution < -0.4 is 5.73 Å². The number of nitrogens with two attached hydrogens (primary N) is 1. The summed E-state index contributed by atoms with van der Waals surface area (Å²) in [7, 11) is 1.75. The van der Waals surface area contributed by atoms with Gasteiger partial charge in [-0.1, -0.05) is 42.5 Å². The van der Waals surface area contributed by atoms with Crippen molar-refractivity contribution in [2.45, 2.75) is 19.5 Å². The normalized spacial score (nSPS) is 11.8. The lowest BCUT2D eigenvalue weighted by Gasteiger charge is -2.25. The van der Waals surface area contributed by atoms with Gasteiger partial charge in [0.15, 0.2) is 0 Å². The van der Waals surface area contributed by atoms with Gasteiger partial charge in [-0.25, -0.2) is 0 Å². The number of carbonyl (C=O) groups excluding carboxylic acids is 2. The maximum Gasteiger partial charge on any atom is 0.248 e. The number of primary amides is 1. The molecule has 0 saturated heterocycles. The summed E-state index contributed by atoms with van der Waals surface area (Å²) >= 11 is 0. The molecule has 0 radical (unpaired) electrons. The summed E-state index contributed by atoms with van der Waals surface area (Å²) in [6.45, 7) is 1.95. The molecule has 0 aliphatic rings. The van der Waals surface area contributed by atoms with Crippen LogP contribution in [0.4, 0.5) is 0 Å². The van der Waals surface area contributed by atoms with Gasteiger partial charge in [-0.2, -0.15) is 4.80 Å². The van der Waals surface area contributed by atoms with Gasteiger partial charge in [0.05, 0.1) is 6.04 Å². The first-order valence-corrected chi connectivity index (χ1v) is 8.44. The van der Waals surface area contributed by atoms with Crippen molar-refractivity contribution < 1.29 is 9.59 Å². The second-order valence-corrected chi connectivity index (χ2v) is 6.18. The second kappa shape index (κ2) is 7.77. The lowest BCUT2D eigenvalue weighted by atomic mass is 10.1. The average molecular weight is 364 g/mol. The van der Waals surface area contributed by atoms with E-state index in [-0.39, 0.29) is 18.5 Å². The molecule has 0 bridgehead atoms. The molecule has 0 aliphatic carbocycles. The molecule has 138 valence electrons. The first-order chi connectivity index (χ1) is 13.0. The number of likely N-dealkylation sites (N-methyl/N-ethyl adjacent to an activating group) is 1. The van der Waals surface area contributed by atoms with Gasteiger partial charge >= 0.3 is 0 Å². The quantitative estimate of drug-likeness (QED) is 0.716. The Morgan fingerprint density at radius 1 is 1.11 bits per heavy atom. The van der Waals surface area contributed by atoms with Crippen LogP contribution in [0.1, 0.15) is 28.9 Å². The van der Waals surface area contributed by atoms with Crippen molar-refractivity contribution in [2.75, 3.05) is 7.05 Å². The number of hydrogen-bond donors (Lipinski definition) is 1. The average Bonchev–Trinajstić information content (AvgIpc) is 3.16. The van der Waals surface area contributed by atoms with Crippen LogP contribution in [0.25, 0.3) is 11.4 Å². The number of rotatable bonds is 6. The first kappa shape index (κ1) is 18.2. The number of hydrogen-bond acceptors (Lipinski definition) is 5. The maximum atomic E-state index is 12.5. The molecular formula is C19H20N6O2. The highest BCUT2D eigenvalue weighted by atomic mass is 16.2. The summed E-state index contributed by atoms with van der Waals surface area (Å²) in [4.78, 5) is 26.6. The van der Waals surface area contributed by atoms with Gasteiger partial charge in [-0.3, -0.25) is 9.59 Å². The summed E-state index contributed by atoms with van der Waals surface area (Å²) in [5.41, 5.74) is 7.36. The molecule has 1 heterocycles. The Morgan fingerprint density at radius 3 is 2.41 bits per heavy atom. The molecule has 2 N–H and O–H groups in total. The van der Waals surface area contributed by atoms with Crippen molar-refractivity contribution in [1.82, 2.24) is 25.1 Å². The summed E-state index contributed by atoms with van der Waals surface area (Å²) in [6.07, 6.45) is 0. The molecule has 3 aromatic rings. The lowest BCUT2D eigenvalue weighted by molar-refractivity contribution is -0.132. The smallest absolute Gasteiger partial charge is 0.248 e. The van der Waals surface area contributed by atoms with Crippen molar-refractivity contribution in [3.63, 3.8) is 0 Å². The van der Waals surface area contributed by atoms with Gasteiger partial charge in [0, 0.05) is 18.2 Å². The van der Waals surface area contributed by atoms with Gasteiger partial charge < -0.3 is 10.6 Å². The minimum absolute atomic E-state index is 0.0138. The fourth-order valence-electron chi connectivity index (χ4n) is 2.61. The van der Waals surface area contributed by atoms with Crippen LogP contribution in [0.2, 0.25) is 0 Å². The number of carbonyl (C=O) groups is 2. The molecule has 0 unspecified atom stereocenters. The highest BCUT2D eigenvalue weighted by Gasteiger charge is 2.19. The minimum Gasteiger partial charge on any atom is -0.366 e. The van der Waals surface area contributed by atoms with Crippen molar-refractivity contribution in [3.8, 4) is 11.4 Å². The maximum absolute atomic E-state index is 12.5. The Kier molecular flexibility index (Phi) is 5.25. The van der Waals surface area contributed by atoms with E-state index in [1.807, 2.05) is 37.3 Å². The van der Waals surface area contributed by atoms with Gasteiger partial charge in [0.25, 0.3) is 0 Å². The number of amides is 2. The van der Waals surface area contributed by atoms with E-state index in [0.29, 0.717) is 17.0 Å². The SMILES string of the molecule is C[C@H](c1ccccc1)N(C)C(=O)Cn1nnc(-c2ccc(C(N)=O)cc2)n1. The molecule has 3 rings (SSSR count). The van der Waals surface area contributed by atoms with Crippen LogP contribution in [0.15, 0.2) is 54.6 Å². The third kappa shape index (κ3) is 4.17. The van der Waals surface area contributed by atoms with E-state index in [4.69, 9.17) is 5.73 Å². The number of tetrazole rings is 1. The Balaban J connectivity index is 1.68. The molecule has 1 aromatic heterocycles. The predicted octanol–water partition coefficient (Wildman–Crippen LogP) is 1.66. The Hall–Kier alpha value is -3.55. The van der Waals surface area contributed by atoms with Crippen LogP contribution in [-0.2, 0) is 11.3 Å². The number of aromatic nitrogens is 4. The molecule has 0 aliphatic heterocycles. The molecule has 27 heavy (non-hydrogen) atoms. The molecule has 0 saturated carbocycles. The van der Waals surface area contributed by atoms with E-state index in [1.54, 1.807) is 36.2 Å². The lowest BCUT2D eigenvalue weighted by Crippen LogP contribution is -2.33. The van der Waals surface area contributed by atoms with Gasteiger partial charge in [-0.05, 0) is 29.8 Å². The molecule has 8 nitrogen and oxygen atoms in total. The van der Waals surface area contributed by atoms with Crippen LogP contribution in [0.3, 0.4) is 0 Å². The third-order valence-corrected chi connectivity index (χ3v) is 4.41. The number of nitrogens with zero attached hydrogens (tertiary/aromatic N) is 5. The summed E-state index contributed by atoms with van der Waals surface area (Å²) in [5.74, 6) is -0.253. The van der Waals surface area contributed by atoms with Crippen molar-refractivity contribution in [2.24, 2.45) is 5.73 Å². The summed E-state index contributed by atoms with van der Waals surface area (Å²) < 4.78 is 0. The largest absolute Gasteiger partial charge is 0.366 e. The molecule has 2 aromatic carbocycles. The van der Waals surface area contributed by atoms with Gasteiger partial charge in [0.2, 0.25) is 17.6 Å². The van der Waals surface area contributed by atoms with E-state index in [9.17, 15) is 9.59 Å². The van der Waals surface area contributed by atoms with Gasteiger partial charge in [0.1, 0.15) is 6.54 Å². The molecule has 8 heteroatoms. The van der Waals surface area contributed by atoms with Gasteiger partial charge in [-0.15, -0.1) is 10.2 Å². The zero-order valence-electron chi connectivity index (χ0n) is 15.1. The summed E-state index contributed by atoms with van der Waals surface area (Å²) in [5, 5.41) is 12.2. The Labute approximate surface area is 156 Å². The zero-order valence-corrected chi connectivity index (χ0v) is 15.1. The fraction of sp³-hybridized carbons (Fsp3) is 0.211. The van der Waals surface area contributed by atoms with E-state index < -0.39 is 5.91 Å². The Morgan fingerprint density at radius 2 is 1.78 bits per heavy atom. The number of benzene rings is 2. The molecule has 1 atom stereocenters. The van der Waals surface area contributed by atoms with E-state index in [2.05, 4.69) is 15.4 Å². The summed E-state index contributed by atoms with van der Waals surface area (Å²) in [6, 6.07) is 16.3. The van der Waals surface area contributed by atoms with Crippen LogP contribution in [0.5, 0.6) is 0 Å². The predicted molar refractivity (Wildman–Crippen MR) is 99.4 cm³/mol. The van der Waals surface area contributed by atoms with E-state index in [0.717, 1.165) is 5.56 Å². The van der Waals surface area contributed by atoms with Crippen molar-refractivity contribution in [1.29, 1.82) is 0 Å². The van der Waals surface area contributed by atoms with Crippen LogP contribution in [0, 0.1) is 0 Å². The van der Waals surface area contributed by atoms with Crippen LogP contribution >= 0.6 is 0 Å².